The van der Waals surface area contributed by atoms with E-state index in [1.54, 1.807) is 34.6 Å². The van der Waals surface area contributed by atoms with Gasteiger partial charge in [0.05, 0.1) is 19.8 Å². The van der Waals surface area contributed by atoms with Crippen LogP contribution in [-0.2, 0) is 30.3 Å². The maximum absolute atomic E-state index is 12.7. The molecular formula is C24H39NO7. The quantitative estimate of drug-likeness (QED) is 0.358. The number of carbonyl (C=O) groups is 2. The van der Waals surface area contributed by atoms with Crippen LogP contribution in [0.15, 0.2) is 30.3 Å². The standard InChI is InChI=1S/C24H39NO7/c1-7-20(26)29-16-14-25(22(28)32-23(3,4)5)15-17-30-21(27)24(6,8-2)31-18-19-12-10-9-11-13-19/h9-13,20,26H,7-8,14-18H2,1-6H3. The Bertz CT molecular complexity index is 689. The lowest BCUT2D eigenvalue weighted by molar-refractivity contribution is -0.173. The van der Waals surface area contributed by atoms with Crippen LogP contribution in [0.2, 0.25) is 0 Å². The van der Waals surface area contributed by atoms with E-state index in [4.69, 9.17) is 18.9 Å². The van der Waals surface area contributed by atoms with Crippen molar-refractivity contribution in [1.82, 2.24) is 4.90 Å². The van der Waals surface area contributed by atoms with Crippen LogP contribution < -0.4 is 0 Å². The Morgan fingerprint density at radius 1 is 1.03 bits per heavy atom. The van der Waals surface area contributed by atoms with Gasteiger partial charge in [0.1, 0.15) is 12.2 Å². The van der Waals surface area contributed by atoms with Crippen LogP contribution in [0.5, 0.6) is 0 Å². The Morgan fingerprint density at radius 3 is 2.22 bits per heavy atom. The molecule has 1 amide bonds. The summed E-state index contributed by atoms with van der Waals surface area (Å²) in [6, 6.07) is 9.60. The van der Waals surface area contributed by atoms with E-state index in [1.807, 2.05) is 37.3 Å². The van der Waals surface area contributed by atoms with Crippen LogP contribution >= 0.6 is 0 Å². The number of rotatable bonds is 13. The topological polar surface area (TPSA) is 94.5 Å². The first-order valence-corrected chi connectivity index (χ1v) is 11.1. The number of amides is 1. The third kappa shape index (κ3) is 10.4. The van der Waals surface area contributed by atoms with Gasteiger partial charge in [0, 0.05) is 6.54 Å². The Labute approximate surface area is 191 Å². The van der Waals surface area contributed by atoms with E-state index in [2.05, 4.69) is 0 Å². The molecule has 1 N–H and O–H groups in total. The highest BCUT2D eigenvalue weighted by Gasteiger charge is 2.34. The lowest BCUT2D eigenvalue weighted by Crippen LogP contribution is -2.43. The third-order valence-electron chi connectivity index (χ3n) is 4.77. The maximum atomic E-state index is 12.7. The lowest BCUT2D eigenvalue weighted by atomic mass is 10.0. The van der Waals surface area contributed by atoms with E-state index in [9.17, 15) is 14.7 Å². The summed E-state index contributed by atoms with van der Waals surface area (Å²) in [5.41, 5.74) is -0.798. The van der Waals surface area contributed by atoms with Gasteiger partial charge in [-0.05, 0) is 46.1 Å². The Morgan fingerprint density at radius 2 is 1.66 bits per heavy atom. The normalized spacial score (nSPS) is 14.3. The smallest absolute Gasteiger partial charge is 0.410 e. The highest BCUT2D eigenvalue weighted by Crippen LogP contribution is 2.20. The van der Waals surface area contributed by atoms with Gasteiger partial charge in [0.15, 0.2) is 11.9 Å². The molecule has 2 unspecified atom stereocenters. The molecule has 32 heavy (non-hydrogen) atoms. The molecule has 0 aliphatic heterocycles. The first-order chi connectivity index (χ1) is 15.0. The van der Waals surface area contributed by atoms with Crippen LogP contribution in [0.25, 0.3) is 0 Å². The second-order valence-electron chi connectivity index (χ2n) is 8.70. The van der Waals surface area contributed by atoms with Crippen molar-refractivity contribution in [3.8, 4) is 0 Å². The minimum atomic E-state index is -1.10. The molecular weight excluding hydrogens is 414 g/mol. The number of benzene rings is 1. The second kappa shape index (κ2) is 13.4. The minimum absolute atomic E-state index is 0.0152. The average Bonchev–Trinajstić information content (AvgIpc) is 2.75. The minimum Gasteiger partial charge on any atom is -0.462 e. The van der Waals surface area contributed by atoms with Gasteiger partial charge in [0.2, 0.25) is 0 Å². The SMILES string of the molecule is CCC(O)OCCN(CCOC(=O)C(C)(CC)OCc1ccccc1)C(=O)OC(C)(C)C. The summed E-state index contributed by atoms with van der Waals surface area (Å²) >= 11 is 0. The highest BCUT2D eigenvalue weighted by molar-refractivity contribution is 5.79. The average molecular weight is 454 g/mol. The number of hydrogen-bond donors (Lipinski definition) is 1. The fraction of sp³-hybridized carbons (Fsp3) is 0.667. The number of nitrogens with zero attached hydrogens (tertiary/aromatic N) is 1. The lowest BCUT2D eigenvalue weighted by Gasteiger charge is -2.29. The molecule has 182 valence electrons. The molecule has 0 aromatic heterocycles. The van der Waals surface area contributed by atoms with E-state index >= 15 is 0 Å². The van der Waals surface area contributed by atoms with Crippen LogP contribution in [0, 0.1) is 0 Å². The molecule has 0 radical (unpaired) electrons. The summed E-state index contributed by atoms with van der Waals surface area (Å²) in [6.45, 7) is 11.4. The first kappa shape index (κ1) is 27.9. The third-order valence-corrected chi connectivity index (χ3v) is 4.77. The zero-order valence-corrected chi connectivity index (χ0v) is 20.3. The van der Waals surface area contributed by atoms with Crippen molar-refractivity contribution in [2.45, 2.75) is 78.5 Å². The van der Waals surface area contributed by atoms with Gasteiger partial charge in [-0.2, -0.15) is 0 Å². The molecule has 0 aliphatic carbocycles. The summed E-state index contributed by atoms with van der Waals surface area (Å²) in [5.74, 6) is -0.488. The van der Waals surface area contributed by atoms with Gasteiger partial charge in [-0.3, -0.25) is 0 Å². The molecule has 1 rings (SSSR count). The van der Waals surface area contributed by atoms with E-state index in [1.165, 1.54) is 4.90 Å². The fourth-order valence-electron chi connectivity index (χ4n) is 2.56. The molecule has 0 saturated carbocycles. The van der Waals surface area contributed by atoms with E-state index in [-0.39, 0.29) is 26.3 Å². The van der Waals surface area contributed by atoms with E-state index in [0.717, 1.165) is 5.56 Å². The number of hydrogen-bond acceptors (Lipinski definition) is 7. The molecule has 0 spiro atoms. The van der Waals surface area contributed by atoms with Crippen molar-refractivity contribution in [2.75, 3.05) is 26.3 Å². The Hall–Kier alpha value is -2.16. The number of ether oxygens (including phenoxy) is 4. The van der Waals surface area contributed by atoms with Gasteiger partial charge in [-0.1, -0.05) is 44.2 Å². The van der Waals surface area contributed by atoms with Gasteiger partial charge < -0.3 is 29.0 Å². The van der Waals surface area contributed by atoms with Crippen molar-refractivity contribution in [1.29, 1.82) is 0 Å². The molecule has 0 fully saturated rings. The zero-order chi connectivity index (χ0) is 24.2. The van der Waals surface area contributed by atoms with E-state index in [0.29, 0.717) is 19.4 Å². The molecule has 8 nitrogen and oxygen atoms in total. The van der Waals surface area contributed by atoms with E-state index < -0.39 is 29.6 Å². The Kier molecular flexibility index (Phi) is 11.7. The second-order valence-corrected chi connectivity index (χ2v) is 8.70. The van der Waals surface area contributed by atoms with Crippen molar-refractivity contribution in [2.24, 2.45) is 0 Å². The number of esters is 1. The van der Waals surface area contributed by atoms with Gasteiger partial charge in [0.25, 0.3) is 0 Å². The summed E-state index contributed by atoms with van der Waals surface area (Å²) in [7, 11) is 0. The first-order valence-electron chi connectivity index (χ1n) is 11.1. The van der Waals surface area contributed by atoms with Crippen molar-refractivity contribution < 1.29 is 33.6 Å². The number of carbonyl (C=O) groups excluding carboxylic acids is 2. The van der Waals surface area contributed by atoms with Crippen LogP contribution in [0.4, 0.5) is 4.79 Å². The molecule has 1 aromatic rings. The predicted octanol–water partition coefficient (Wildman–Crippen LogP) is 3.90. The van der Waals surface area contributed by atoms with Crippen molar-refractivity contribution in [3.63, 3.8) is 0 Å². The van der Waals surface area contributed by atoms with Crippen molar-refractivity contribution in [3.05, 3.63) is 35.9 Å². The van der Waals surface area contributed by atoms with Gasteiger partial charge in [-0.25, -0.2) is 9.59 Å². The fourth-order valence-corrected chi connectivity index (χ4v) is 2.56. The highest BCUT2D eigenvalue weighted by atomic mass is 16.6. The maximum Gasteiger partial charge on any atom is 0.410 e. The van der Waals surface area contributed by atoms with Gasteiger partial charge in [-0.15, -0.1) is 0 Å². The molecule has 0 bridgehead atoms. The summed E-state index contributed by atoms with van der Waals surface area (Å²) < 4.78 is 22.0. The molecule has 8 heteroatoms. The largest absolute Gasteiger partial charge is 0.462 e. The zero-order valence-electron chi connectivity index (χ0n) is 20.3. The molecule has 0 aliphatic rings. The summed E-state index contributed by atoms with van der Waals surface area (Å²) in [4.78, 5) is 26.6. The summed E-state index contributed by atoms with van der Waals surface area (Å²) in [6.07, 6.45) is -0.540. The number of aliphatic hydroxyl groups is 1. The molecule has 1 aromatic carbocycles. The van der Waals surface area contributed by atoms with Crippen LogP contribution in [-0.4, -0.2) is 65.9 Å². The van der Waals surface area contributed by atoms with Crippen LogP contribution in [0.1, 0.15) is 59.9 Å². The molecule has 0 heterocycles. The van der Waals surface area contributed by atoms with Gasteiger partial charge >= 0.3 is 12.1 Å². The molecule has 0 saturated heterocycles. The monoisotopic (exact) mass is 453 g/mol. The van der Waals surface area contributed by atoms with Crippen LogP contribution in [0.3, 0.4) is 0 Å². The number of aliphatic hydroxyl groups excluding tert-OH is 1. The van der Waals surface area contributed by atoms with Crippen molar-refractivity contribution >= 4 is 12.1 Å². The Balaban J connectivity index is 2.63. The molecule has 2 atom stereocenters. The predicted molar refractivity (Wildman–Crippen MR) is 121 cm³/mol. The summed E-state index contributed by atoms with van der Waals surface area (Å²) in [5, 5.41) is 9.55.